The van der Waals surface area contributed by atoms with E-state index in [0.29, 0.717) is 24.2 Å². The molecule has 1 saturated carbocycles. The van der Waals surface area contributed by atoms with Crippen molar-refractivity contribution in [3.8, 4) is 6.07 Å². The Morgan fingerprint density at radius 3 is 2.56 bits per heavy atom. The lowest BCUT2D eigenvalue weighted by atomic mass is 9.91. The zero-order valence-electron chi connectivity index (χ0n) is 10.9. The fourth-order valence-electron chi connectivity index (χ4n) is 2.97. The molecular formula is C14H22N2O2. The van der Waals surface area contributed by atoms with E-state index >= 15 is 0 Å². The highest BCUT2D eigenvalue weighted by atomic mass is 16.4. The zero-order chi connectivity index (χ0) is 13.0. The highest BCUT2D eigenvalue weighted by molar-refractivity contribution is 5.66. The number of nitrogens with zero attached hydrogens (tertiary/aromatic N) is 2. The van der Waals surface area contributed by atoms with E-state index in [4.69, 9.17) is 10.4 Å². The summed E-state index contributed by atoms with van der Waals surface area (Å²) < 4.78 is 0. The quantitative estimate of drug-likeness (QED) is 0.785. The minimum Gasteiger partial charge on any atom is -0.481 e. The number of rotatable bonds is 6. The maximum atomic E-state index is 10.5. The number of aliphatic carboxylic acids is 1. The standard InChI is InChI=1S/C14H22N2O2/c15-8-7-14(5-6-14)11-16-9-3-12(4-10-16)1-2-13(17)18/h12H,1-7,9-11H2,(H,17,18). The normalized spacial score (nSPS) is 23.5. The van der Waals surface area contributed by atoms with E-state index in [0.717, 1.165) is 38.9 Å². The lowest BCUT2D eigenvalue weighted by Gasteiger charge is -2.33. The third kappa shape index (κ3) is 3.71. The molecule has 100 valence electrons. The highest BCUT2D eigenvalue weighted by Gasteiger charge is 2.43. The lowest BCUT2D eigenvalue weighted by molar-refractivity contribution is -0.137. The van der Waals surface area contributed by atoms with E-state index in [1.165, 1.54) is 12.8 Å². The summed E-state index contributed by atoms with van der Waals surface area (Å²) in [4.78, 5) is 13.0. The summed E-state index contributed by atoms with van der Waals surface area (Å²) in [5, 5.41) is 17.5. The van der Waals surface area contributed by atoms with E-state index in [1.54, 1.807) is 0 Å². The van der Waals surface area contributed by atoms with Gasteiger partial charge in [-0.15, -0.1) is 0 Å². The molecule has 1 heterocycles. The maximum absolute atomic E-state index is 10.5. The van der Waals surface area contributed by atoms with Gasteiger partial charge in [0.25, 0.3) is 0 Å². The largest absolute Gasteiger partial charge is 0.481 e. The van der Waals surface area contributed by atoms with E-state index in [1.807, 2.05) is 0 Å². The molecule has 1 aliphatic heterocycles. The Kier molecular flexibility index (Phi) is 4.23. The summed E-state index contributed by atoms with van der Waals surface area (Å²) in [6.45, 7) is 3.24. The first-order chi connectivity index (χ1) is 8.63. The second-order valence-corrected chi connectivity index (χ2v) is 5.99. The second kappa shape index (κ2) is 5.71. The Morgan fingerprint density at radius 2 is 2.06 bits per heavy atom. The molecule has 0 atom stereocenters. The van der Waals surface area contributed by atoms with Crippen LogP contribution in [-0.2, 0) is 4.79 Å². The van der Waals surface area contributed by atoms with E-state index in [9.17, 15) is 4.79 Å². The van der Waals surface area contributed by atoms with Crippen molar-refractivity contribution in [1.29, 1.82) is 5.26 Å². The third-order valence-corrected chi connectivity index (χ3v) is 4.44. The highest BCUT2D eigenvalue weighted by Crippen LogP contribution is 2.49. The Morgan fingerprint density at radius 1 is 1.39 bits per heavy atom. The van der Waals surface area contributed by atoms with Crippen LogP contribution in [0.25, 0.3) is 0 Å². The fourth-order valence-corrected chi connectivity index (χ4v) is 2.97. The van der Waals surface area contributed by atoms with Gasteiger partial charge in [0.05, 0.1) is 6.07 Å². The van der Waals surface area contributed by atoms with Gasteiger partial charge in [0, 0.05) is 19.4 Å². The molecule has 0 unspecified atom stereocenters. The molecule has 1 saturated heterocycles. The van der Waals surface area contributed by atoms with Gasteiger partial charge in [0.2, 0.25) is 0 Å². The van der Waals surface area contributed by atoms with Gasteiger partial charge >= 0.3 is 5.97 Å². The predicted octanol–water partition coefficient (Wildman–Crippen LogP) is 2.26. The molecule has 4 heteroatoms. The average Bonchev–Trinajstić information content (AvgIpc) is 3.08. The van der Waals surface area contributed by atoms with Crippen LogP contribution in [-0.4, -0.2) is 35.6 Å². The predicted molar refractivity (Wildman–Crippen MR) is 67.9 cm³/mol. The van der Waals surface area contributed by atoms with Gasteiger partial charge in [-0.25, -0.2) is 0 Å². The van der Waals surface area contributed by atoms with Crippen LogP contribution in [0.1, 0.15) is 44.9 Å². The van der Waals surface area contributed by atoms with Crippen molar-refractivity contribution < 1.29 is 9.90 Å². The summed E-state index contributed by atoms with van der Waals surface area (Å²) in [5.74, 6) is -0.0909. The van der Waals surface area contributed by atoms with Crippen LogP contribution in [0.15, 0.2) is 0 Å². The molecule has 0 amide bonds. The molecule has 2 rings (SSSR count). The van der Waals surface area contributed by atoms with Crippen molar-refractivity contribution >= 4 is 5.97 Å². The summed E-state index contributed by atoms with van der Waals surface area (Å²) in [6, 6.07) is 2.31. The van der Waals surface area contributed by atoms with E-state index in [2.05, 4.69) is 11.0 Å². The van der Waals surface area contributed by atoms with Crippen LogP contribution in [0.2, 0.25) is 0 Å². The van der Waals surface area contributed by atoms with Gasteiger partial charge in [-0.3, -0.25) is 4.79 Å². The molecule has 0 aromatic heterocycles. The molecule has 0 spiro atoms. The molecule has 4 nitrogen and oxygen atoms in total. The number of hydrogen-bond acceptors (Lipinski definition) is 3. The number of piperidine rings is 1. The van der Waals surface area contributed by atoms with Crippen molar-refractivity contribution in [3.05, 3.63) is 0 Å². The molecule has 2 aliphatic rings. The number of nitriles is 1. The van der Waals surface area contributed by atoms with E-state index < -0.39 is 5.97 Å². The topological polar surface area (TPSA) is 64.3 Å². The molecule has 2 fully saturated rings. The van der Waals surface area contributed by atoms with Crippen molar-refractivity contribution in [1.82, 2.24) is 4.90 Å². The molecule has 0 aromatic carbocycles. The summed E-state index contributed by atoms with van der Waals surface area (Å²) >= 11 is 0. The zero-order valence-corrected chi connectivity index (χ0v) is 10.9. The third-order valence-electron chi connectivity index (χ3n) is 4.44. The molecular weight excluding hydrogens is 228 g/mol. The van der Waals surface area contributed by atoms with Crippen molar-refractivity contribution in [2.45, 2.75) is 44.9 Å². The lowest BCUT2D eigenvalue weighted by Crippen LogP contribution is -2.37. The summed E-state index contributed by atoms with van der Waals surface area (Å²) in [7, 11) is 0. The molecule has 0 aromatic rings. The molecule has 0 bridgehead atoms. The Balaban J connectivity index is 1.67. The van der Waals surface area contributed by atoms with Crippen LogP contribution >= 0.6 is 0 Å². The number of carboxylic acids is 1. The van der Waals surface area contributed by atoms with Gasteiger partial charge in [0.1, 0.15) is 0 Å². The Labute approximate surface area is 109 Å². The monoisotopic (exact) mass is 250 g/mol. The molecule has 1 N–H and O–H groups in total. The number of hydrogen-bond donors (Lipinski definition) is 1. The van der Waals surface area contributed by atoms with Crippen LogP contribution in [0.3, 0.4) is 0 Å². The summed E-state index contributed by atoms with van der Waals surface area (Å²) in [6.07, 6.45) is 6.49. The first kappa shape index (κ1) is 13.4. The van der Waals surface area contributed by atoms with E-state index in [-0.39, 0.29) is 0 Å². The van der Waals surface area contributed by atoms with Gasteiger partial charge in [-0.1, -0.05) is 0 Å². The first-order valence-corrected chi connectivity index (χ1v) is 6.95. The fraction of sp³-hybridized carbons (Fsp3) is 0.857. The number of carbonyl (C=O) groups is 1. The van der Waals surface area contributed by atoms with Gasteiger partial charge in [-0.05, 0) is 56.5 Å². The maximum Gasteiger partial charge on any atom is 0.303 e. The van der Waals surface area contributed by atoms with Crippen LogP contribution in [0.4, 0.5) is 0 Å². The average molecular weight is 250 g/mol. The minimum atomic E-state index is -0.677. The molecule has 0 radical (unpaired) electrons. The Bertz CT molecular complexity index is 336. The Hall–Kier alpha value is -1.08. The van der Waals surface area contributed by atoms with Crippen LogP contribution in [0.5, 0.6) is 0 Å². The number of carboxylic acid groups (broad SMARTS) is 1. The molecule has 1 aliphatic carbocycles. The summed E-state index contributed by atoms with van der Waals surface area (Å²) in [5.41, 5.74) is 0.308. The van der Waals surface area contributed by atoms with Gasteiger partial charge in [-0.2, -0.15) is 5.26 Å². The second-order valence-electron chi connectivity index (χ2n) is 5.99. The van der Waals surface area contributed by atoms with Gasteiger partial charge < -0.3 is 10.0 Å². The smallest absolute Gasteiger partial charge is 0.303 e. The van der Waals surface area contributed by atoms with Crippen LogP contribution in [0, 0.1) is 22.7 Å². The van der Waals surface area contributed by atoms with Gasteiger partial charge in [0.15, 0.2) is 0 Å². The van der Waals surface area contributed by atoms with Crippen molar-refractivity contribution in [2.24, 2.45) is 11.3 Å². The van der Waals surface area contributed by atoms with Crippen molar-refractivity contribution in [3.63, 3.8) is 0 Å². The van der Waals surface area contributed by atoms with Crippen LogP contribution < -0.4 is 0 Å². The minimum absolute atomic E-state index is 0.308. The van der Waals surface area contributed by atoms with Crippen molar-refractivity contribution in [2.75, 3.05) is 19.6 Å². The SMILES string of the molecule is N#CCC1(CN2CCC(CCC(=O)O)CC2)CC1. The first-order valence-electron chi connectivity index (χ1n) is 6.95. The number of likely N-dealkylation sites (tertiary alicyclic amines) is 1. The molecule has 18 heavy (non-hydrogen) atoms.